The molecule has 0 amide bonds. The van der Waals surface area contributed by atoms with Gasteiger partial charge in [-0.1, -0.05) is 166 Å². The molecule has 1 nitrogen and oxygen atoms in total. The van der Waals surface area contributed by atoms with Crippen molar-refractivity contribution >= 4 is 55.6 Å². The summed E-state index contributed by atoms with van der Waals surface area (Å²) in [5.41, 5.74) is 17.4. The third-order valence-corrected chi connectivity index (χ3v) is 11.8. The number of furan rings is 1. The Morgan fingerprint density at radius 2 is 1.04 bits per heavy atom. The lowest BCUT2D eigenvalue weighted by Crippen LogP contribution is -2.16. The third-order valence-electron chi connectivity index (χ3n) is 11.8. The van der Waals surface area contributed by atoms with Crippen LogP contribution in [-0.4, -0.2) is 0 Å². The zero-order valence-electron chi connectivity index (χ0n) is 29.8. The molecule has 1 heteroatoms. The van der Waals surface area contributed by atoms with Gasteiger partial charge in [-0.05, 0) is 113 Å². The molecule has 0 saturated heterocycles. The lowest BCUT2D eigenvalue weighted by molar-refractivity contribution is 0.662. The molecule has 8 aromatic carbocycles. The Kier molecular flexibility index (Phi) is 6.43. The molecule has 0 saturated carbocycles. The lowest BCUT2D eigenvalue weighted by Gasteiger charge is -2.26. The van der Waals surface area contributed by atoms with Crippen LogP contribution in [0.4, 0.5) is 0 Å². The van der Waals surface area contributed by atoms with Crippen molar-refractivity contribution in [3.63, 3.8) is 0 Å². The quantitative estimate of drug-likeness (QED) is 0.170. The van der Waals surface area contributed by atoms with E-state index in [0.717, 1.165) is 28.4 Å². The second-order valence-electron chi connectivity index (χ2n) is 15.1. The Bertz CT molecular complexity index is 2980. The van der Waals surface area contributed by atoms with Crippen LogP contribution in [0.15, 0.2) is 162 Å². The molecule has 0 aliphatic heterocycles. The molecule has 0 bridgehead atoms. The van der Waals surface area contributed by atoms with Gasteiger partial charge in [0.2, 0.25) is 0 Å². The summed E-state index contributed by atoms with van der Waals surface area (Å²) < 4.78 is 6.12. The molecule has 2 aliphatic rings. The lowest BCUT2D eigenvalue weighted by atomic mass is 9.76. The summed E-state index contributed by atoms with van der Waals surface area (Å²) in [4.78, 5) is 0. The molecule has 9 aromatic rings. The van der Waals surface area contributed by atoms with Gasteiger partial charge in [-0.15, -0.1) is 0 Å². The van der Waals surface area contributed by atoms with Crippen molar-refractivity contribution < 1.29 is 4.42 Å². The number of benzene rings is 8. The van der Waals surface area contributed by atoms with Crippen molar-refractivity contribution in [2.45, 2.75) is 25.7 Å². The second-order valence-corrected chi connectivity index (χ2v) is 15.1. The Morgan fingerprint density at radius 3 is 1.77 bits per heavy atom. The van der Waals surface area contributed by atoms with E-state index in [4.69, 9.17) is 4.42 Å². The van der Waals surface area contributed by atoms with E-state index in [9.17, 15) is 0 Å². The molecule has 0 spiro atoms. The Morgan fingerprint density at radius 1 is 0.453 bits per heavy atom. The fourth-order valence-electron chi connectivity index (χ4n) is 9.47. The Hall–Kier alpha value is -6.44. The van der Waals surface area contributed by atoms with E-state index in [-0.39, 0.29) is 5.41 Å². The first-order chi connectivity index (χ1) is 26.1. The molecule has 1 heterocycles. The average Bonchev–Trinajstić information content (AvgIpc) is 3.55. The number of hydrogen-bond donors (Lipinski definition) is 0. The highest BCUT2D eigenvalue weighted by molar-refractivity contribution is 6.22. The molecule has 2 aliphatic carbocycles. The number of hydrogen-bond acceptors (Lipinski definition) is 1. The maximum Gasteiger partial charge on any atom is 0.135 e. The molecule has 0 radical (unpaired) electrons. The zero-order valence-corrected chi connectivity index (χ0v) is 29.8. The summed E-state index contributed by atoms with van der Waals surface area (Å²) in [5, 5.41) is 7.41. The number of allylic oxidation sites excluding steroid dienone is 2. The number of rotatable bonds is 3. The summed E-state index contributed by atoms with van der Waals surface area (Å²) in [7, 11) is 0. The van der Waals surface area contributed by atoms with Gasteiger partial charge in [0.1, 0.15) is 11.2 Å². The highest BCUT2D eigenvalue weighted by Crippen LogP contribution is 2.56. The standard InChI is InChI=1S/C52H36O/c1-52(2)45-29-27-33-13-4-3-5-14-36(33)50(45)43-21-12-20-42(51(43)52)49-40-18-8-6-16-38(40)48(39-17-7-9-19-41(39)49)34-25-23-32(24-26-34)35-28-30-47-44(31-35)37-15-10-11-22-46(37)53-47/h4-31H,3H2,1-2H3. The van der Waals surface area contributed by atoms with E-state index in [1.54, 1.807) is 0 Å². The van der Waals surface area contributed by atoms with Crippen molar-refractivity contribution in [3.8, 4) is 44.5 Å². The monoisotopic (exact) mass is 676 g/mol. The van der Waals surface area contributed by atoms with Crippen molar-refractivity contribution in [2.75, 3.05) is 0 Å². The summed E-state index contributed by atoms with van der Waals surface area (Å²) in [5.74, 6) is 0. The molecule has 53 heavy (non-hydrogen) atoms. The van der Waals surface area contributed by atoms with E-state index in [1.165, 1.54) is 88.3 Å². The smallest absolute Gasteiger partial charge is 0.135 e. The second kappa shape index (κ2) is 11.3. The minimum atomic E-state index is -0.164. The van der Waals surface area contributed by atoms with Crippen molar-refractivity contribution in [3.05, 3.63) is 180 Å². The SMILES string of the molecule is CC1(C)c2ccc3c(c2-c2cccc(-c4c5ccccc5c(-c5ccc(-c6ccc7oc8ccccc8c7c6)cc5)c5ccccc45)c21)C=CCC=C3. The third kappa shape index (κ3) is 4.38. The molecule has 250 valence electrons. The number of fused-ring (bicyclic) bond motifs is 10. The fraction of sp³-hybridized carbons (Fsp3) is 0.0769. The van der Waals surface area contributed by atoms with Gasteiger partial charge in [0.05, 0.1) is 0 Å². The van der Waals surface area contributed by atoms with Crippen LogP contribution in [0.3, 0.4) is 0 Å². The highest BCUT2D eigenvalue weighted by Gasteiger charge is 2.39. The van der Waals surface area contributed by atoms with E-state index in [2.05, 4.69) is 172 Å². The summed E-state index contributed by atoms with van der Waals surface area (Å²) in [6.45, 7) is 4.83. The predicted octanol–water partition coefficient (Wildman–Crippen LogP) is 14.6. The molecular formula is C52H36O. The first-order valence-electron chi connectivity index (χ1n) is 18.7. The summed E-state index contributed by atoms with van der Waals surface area (Å²) in [6.07, 6.45) is 10.2. The van der Waals surface area contributed by atoms with Gasteiger partial charge >= 0.3 is 0 Å². The minimum Gasteiger partial charge on any atom is -0.456 e. The van der Waals surface area contributed by atoms with Crippen LogP contribution in [0.2, 0.25) is 0 Å². The van der Waals surface area contributed by atoms with Crippen molar-refractivity contribution in [1.29, 1.82) is 0 Å². The maximum atomic E-state index is 6.12. The van der Waals surface area contributed by atoms with Gasteiger partial charge in [0.15, 0.2) is 0 Å². The highest BCUT2D eigenvalue weighted by atomic mass is 16.3. The van der Waals surface area contributed by atoms with Gasteiger partial charge in [0.25, 0.3) is 0 Å². The van der Waals surface area contributed by atoms with Crippen LogP contribution in [0.1, 0.15) is 42.5 Å². The van der Waals surface area contributed by atoms with Gasteiger partial charge in [-0.3, -0.25) is 0 Å². The van der Waals surface area contributed by atoms with Crippen LogP contribution >= 0.6 is 0 Å². The van der Waals surface area contributed by atoms with Crippen LogP contribution in [-0.2, 0) is 5.41 Å². The predicted molar refractivity (Wildman–Crippen MR) is 225 cm³/mol. The molecule has 11 rings (SSSR count). The molecule has 1 aromatic heterocycles. The van der Waals surface area contributed by atoms with Crippen LogP contribution in [0, 0.1) is 0 Å². The molecular weight excluding hydrogens is 641 g/mol. The van der Waals surface area contributed by atoms with Gasteiger partial charge in [-0.25, -0.2) is 0 Å². The first-order valence-corrected chi connectivity index (χ1v) is 18.7. The van der Waals surface area contributed by atoms with E-state index < -0.39 is 0 Å². The van der Waals surface area contributed by atoms with Crippen LogP contribution < -0.4 is 0 Å². The average molecular weight is 677 g/mol. The summed E-state index contributed by atoms with van der Waals surface area (Å²) in [6, 6.07) is 53.7. The largest absolute Gasteiger partial charge is 0.456 e. The van der Waals surface area contributed by atoms with E-state index in [0.29, 0.717) is 0 Å². The zero-order chi connectivity index (χ0) is 35.3. The van der Waals surface area contributed by atoms with Crippen LogP contribution in [0.25, 0.3) is 100 Å². The Labute approximate surface area is 309 Å². The topological polar surface area (TPSA) is 13.1 Å². The fourth-order valence-corrected chi connectivity index (χ4v) is 9.47. The first kappa shape index (κ1) is 30.2. The number of para-hydroxylation sites is 1. The maximum absolute atomic E-state index is 6.12. The van der Waals surface area contributed by atoms with Crippen molar-refractivity contribution in [1.82, 2.24) is 0 Å². The molecule has 0 atom stereocenters. The van der Waals surface area contributed by atoms with Crippen molar-refractivity contribution in [2.24, 2.45) is 0 Å². The van der Waals surface area contributed by atoms with E-state index >= 15 is 0 Å². The minimum absolute atomic E-state index is 0.164. The molecule has 0 fully saturated rings. The van der Waals surface area contributed by atoms with Gasteiger partial charge < -0.3 is 4.42 Å². The van der Waals surface area contributed by atoms with E-state index in [1.807, 2.05) is 12.1 Å². The summed E-state index contributed by atoms with van der Waals surface area (Å²) >= 11 is 0. The molecule has 0 N–H and O–H groups in total. The Balaban J connectivity index is 1.11. The van der Waals surface area contributed by atoms with Gasteiger partial charge in [-0.2, -0.15) is 0 Å². The molecule has 0 unspecified atom stereocenters. The normalized spacial score (nSPS) is 14.2. The van der Waals surface area contributed by atoms with Gasteiger partial charge in [0, 0.05) is 16.2 Å². The van der Waals surface area contributed by atoms with Crippen LogP contribution in [0.5, 0.6) is 0 Å².